The second-order valence-electron chi connectivity index (χ2n) is 6.03. The highest BCUT2D eigenvalue weighted by Crippen LogP contribution is 2.26. The molecule has 0 saturated heterocycles. The number of para-hydroxylation sites is 2. The van der Waals surface area contributed by atoms with Crippen molar-refractivity contribution in [2.45, 2.75) is 20.1 Å². The van der Waals surface area contributed by atoms with Gasteiger partial charge in [-0.15, -0.1) is 0 Å². The summed E-state index contributed by atoms with van der Waals surface area (Å²) in [6.45, 7) is -0.535. The zero-order valence-electron chi connectivity index (χ0n) is 15.1. The first-order valence-electron chi connectivity index (χ1n) is 8.42. The Bertz CT molecular complexity index is 1030. The van der Waals surface area contributed by atoms with Gasteiger partial charge in [0, 0.05) is 11.8 Å². The van der Waals surface area contributed by atoms with Crippen LogP contribution in [0.3, 0.4) is 0 Å². The largest absolute Gasteiger partial charge is 0.433 e. The van der Waals surface area contributed by atoms with Crippen molar-refractivity contribution in [1.82, 2.24) is 9.78 Å². The fourth-order valence-corrected chi connectivity index (χ4v) is 3.12. The van der Waals surface area contributed by atoms with Crippen molar-refractivity contribution in [1.29, 1.82) is 0 Å². The molecular formula is C19H16Cl2F2N4OS. The lowest BCUT2D eigenvalue weighted by molar-refractivity contribution is -0.0493. The van der Waals surface area contributed by atoms with E-state index in [4.69, 9.17) is 35.4 Å². The third-order valence-electron chi connectivity index (χ3n) is 3.89. The maximum atomic E-state index is 12.5. The molecule has 0 atom stereocenters. The molecule has 3 rings (SSSR count). The standard InChI is InChI=1S/C19H16Cl2F2N4OS/c1-11-8-17(26-27(11)10-12-6-7-13(20)14(21)9-12)25-19(29)24-15-4-2-3-5-16(15)28-18(22)23/h2-9,18H,10H2,1H3,(H2,24,25,26,29). The molecule has 0 aliphatic carbocycles. The zero-order chi connectivity index (χ0) is 21.0. The number of aryl methyl sites for hydroxylation is 1. The first-order chi connectivity index (χ1) is 13.8. The van der Waals surface area contributed by atoms with Crippen LogP contribution in [0, 0.1) is 6.92 Å². The van der Waals surface area contributed by atoms with Gasteiger partial charge < -0.3 is 15.4 Å². The van der Waals surface area contributed by atoms with Crippen LogP contribution in [0.15, 0.2) is 48.5 Å². The summed E-state index contributed by atoms with van der Waals surface area (Å²) < 4.78 is 31.3. The van der Waals surface area contributed by atoms with Gasteiger partial charge in [-0.3, -0.25) is 4.68 Å². The lowest BCUT2D eigenvalue weighted by atomic mass is 10.2. The van der Waals surface area contributed by atoms with Crippen LogP contribution < -0.4 is 15.4 Å². The van der Waals surface area contributed by atoms with Gasteiger partial charge >= 0.3 is 6.61 Å². The van der Waals surface area contributed by atoms with Gasteiger partial charge in [-0.2, -0.15) is 13.9 Å². The summed E-state index contributed by atoms with van der Waals surface area (Å²) in [4.78, 5) is 0. The molecule has 0 aliphatic rings. The van der Waals surface area contributed by atoms with E-state index in [2.05, 4.69) is 20.5 Å². The highest BCUT2D eigenvalue weighted by atomic mass is 35.5. The van der Waals surface area contributed by atoms with Gasteiger partial charge in [0.1, 0.15) is 5.75 Å². The topological polar surface area (TPSA) is 51.1 Å². The molecule has 0 radical (unpaired) electrons. The van der Waals surface area contributed by atoms with Crippen LogP contribution >= 0.6 is 35.4 Å². The molecule has 2 aromatic carbocycles. The van der Waals surface area contributed by atoms with Crippen LogP contribution in [0.2, 0.25) is 10.0 Å². The Morgan fingerprint density at radius 1 is 1.14 bits per heavy atom. The third kappa shape index (κ3) is 5.79. The summed E-state index contributed by atoms with van der Waals surface area (Å²) in [5.74, 6) is 0.500. The smallest absolute Gasteiger partial charge is 0.387 e. The summed E-state index contributed by atoms with van der Waals surface area (Å²) in [7, 11) is 0. The average molecular weight is 457 g/mol. The van der Waals surface area contributed by atoms with Gasteiger partial charge in [-0.25, -0.2) is 0 Å². The summed E-state index contributed by atoms with van der Waals surface area (Å²) in [6.07, 6.45) is 0. The molecule has 0 unspecified atom stereocenters. The van der Waals surface area contributed by atoms with E-state index >= 15 is 0 Å². The molecule has 0 fully saturated rings. The van der Waals surface area contributed by atoms with Crippen LogP contribution in [-0.2, 0) is 6.54 Å². The lowest BCUT2D eigenvalue weighted by Crippen LogP contribution is -2.20. The van der Waals surface area contributed by atoms with Crippen LogP contribution in [0.4, 0.5) is 20.3 Å². The zero-order valence-corrected chi connectivity index (χ0v) is 17.5. The second-order valence-corrected chi connectivity index (χ2v) is 7.25. The van der Waals surface area contributed by atoms with Gasteiger partial charge in [0.15, 0.2) is 10.9 Å². The van der Waals surface area contributed by atoms with Gasteiger partial charge in [0.25, 0.3) is 0 Å². The molecule has 29 heavy (non-hydrogen) atoms. The quantitative estimate of drug-likeness (QED) is 0.448. The van der Waals surface area contributed by atoms with Crippen LogP contribution in [0.25, 0.3) is 0 Å². The summed E-state index contributed by atoms with van der Waals surface area (Å²) in [5, 5.41) is 11.4. The molecule has 2 N–H and O–H groups in total. The molecule has 0 saturated carbocycles. The maximum absolute atomic E-state index is 12.5. The van der Waals surface area contributed by atoms with Crippen molar-refractivity contribution in [3.05, 3.63) is 69.8 Å². The van der Waals surface area contributed by atoms with E-state index in [1.807, 2.05) is 19.1 Å². The third-order valence-corrected chi connectivity index (χ3v) is 4.83. The lowest BCUT2D eigenvalue weighted by Gasteiger charge is -2.13. The molecule has 152 valence electrons. The Balaban J connectivity index is 1.67. The van der Waals surface area contributed by atoms with Crippen molar-refractivity contribution >= 4 is 52.0 Å². The number of thiocarbonyl (C=S) groups is 1. The van der Waals surface area contributed by atoms with E-state index in [1.54, 1.807) is 35.0 Å². The minimum Gasteiger partial charge on any atom is -0.433 e. The van der Waals surface area contributed by atoms with Crippen molar-refractivity contribution in [2.24, 2.45) is 0 Å². The van der Waals surface area contributed by atoms with E-state index in [-0.39, 0.29) is 10.9 Å². The number of rotatable bonds is 6. The second kappa shape index (κ2) is 9.39. The van der Waals surface area contributed by atoms with Crippen molar-refractivity contribution in [2.75, 3.05) is 10.6 Å². The Hall–Kier alpha value is -2.42. The number of aromatic nitrogens is 2. The molecule has 0 spiro atoms. The number of nitrogens with one attached hydrogen (secondary N) is 2. The average Bonchev–Trinajstić information content (AvgIpc) is 2.98. The van der Waals surface area contributed by atoms with Gasteiger partial charge in [-0.05, 0) is 49.0 Å². The molecule has 1 heterocycles. The Kier molecular flexibility index (Phi) is 6.89. The molecule has 10 heteroatoms. The molecule has 0 aliphatic heterocycles. The first kappa shape index (κ1) is 21.3. The number of halogens is 4. The summed E-state index contributed by atoms with van der Waals surface area (Å²) in [6, 6.07) is 13.5. The highest BCUT2D eigenvalue weighted by Gasteiger charge is 2.12. The highest BCUT2D eigenvalue weighted by molar-refractivity contribution is 7.80. The van der Waals surface area contributed by atoms with Crippen molar-refractivity contribution < 1.29 is 13.5 Å². The van der Waals surface area contributed by atoms with Crippen LogP contribution in [0.5, 0.6) is 5.75 Å². The normalized spacial score (nSPS) is 10.8. The maximum Gasteiger partial charge on any atom is 0.387 e. The van der Waals surface area contributed by atoms with Crippen LogP contribution in [0.1, 0.15) is 11.3 Å². The molecule has 5 nitrogen and oxygen atoms in total. The van der Waals surface area contributed by atoms with Gasteiger partial charge in [0.05, 0.1) is 22.3 Å². The number of nitrogens with zero attached hydrogens (tertiary/aromatic N) is 2. The molecule has 0 bridgehead atoms. The molecule has 1 aromatic heterocycles. The minimum atomic E-state index is -2.93. The number of ether oxygens (including phenoxy) is 1. The van der Waals surface area contributed by atoms with Gasteiger partial charge in [0.2, 0.25) is 0 Å². The van der Waals surface area contributed by atoms with Crippen molar-refractivity contribution in [3.8, 4) is 5.75 Å². The fraction of sp³-hybridized carbons (Fsp3) is 0.158. The number of hydrogen-bond acceptors (Lipinski definition) is 3. The van der Waals surface area contributed by atoms with Crippen molar-refractivity contribution in [3.63, 3.8) is 0 Å². The predicted molar refractivity (Wildman–Crippen MR) is 115 cm³/mol. The van der Waals surface area contributed by atoms with E-state index in [0.29, 0.717) is 28.1 Å². The number of hydrogen-bond donors (Lipinski definition) is 2. The minimum absolute atomic E-state index is 0.00650. The Labute approximate surface area is 181 Å². The van der Waals surface area contributed by atoms with E-state index < -0.39 is 6.61 Å². The van der Waals surface area contributed by atoms with Gasteiger partial charge in [-0.1, -0.05) is 41.4 Å². The fourth-order valence-electron chi connectivity index (χ4n) is 2.58. The summed E-state index contributed by atoms with van der Waals surface area (Å²) in [5.41, 5.74) is 2.15. The summed E-state index contributed by atoms with van der Waals surface area (Å²) >= 11 is 17.3. The Morgan fingerprint density at radius 3 is 2.62 bits per heavy atom. The molecule has 3 aromatic rings. The Morgan fingerprint density at radius 2 is 1.90 bits per heavy atom. The monoisotopic (exact) mass is 456 g/mol. The molecular weight excluding hydrogens is 441 g/mol. The number of anilines is 2. The molecule has 0 amide bonds. The van der Waals surface area contributed by atoms with E-state index in [9.17, 15) is 8.78 Å². The predicted octanol–water partition coefficient (Wildman–Crippen LogP) is 5.96. The van der Waals surface area contributed by atoms with Crippen LogP contribution in [-0.4, -0.2) is 21.5 Å². The number of alkyl halides is 2. The SMILES string of the molecule is Cc1cc(NC(=S)Nc2ccccc2OC(F)F)nn1Cc1ccc(Cl)c(Cl)c1. The first-order valence-corrected chi connectivity index (χ1v) is 9.58. The van der Waals surface area contributed by atoms with E-state index in [1.165, 1.54) is 6.07 Å². The number of benzene rings is 2. The van der Waals surface area contributed by atoms with E-state index in [0.717, 1.165) is 11.3 Å².